The molecule has 0 amide bonds. The maximum Gasteiger partial charge on any atom is 0.0837 e. The molecule has 0 N–H and O–H groups in total. The highest BCUT2D eigenvalue weighted by Gasteiger charge is 1.98. The lowest BCUT2D eigenvalue weighted by atomic mass is 10.2. The van der Waals surface area contributed by atoms with E-state index in [0.717, 1.165) is 6.42 Å². The van der Waals surface area contributed by atoms with Crippen molar-refractivity contribution in [2.24, 2.45) is 0 Å². The first kappa shape index (κ1) is 9.96. The first-order valence-electron chi connectivity index (χ1n) is 4.28. The molecule has 0 aliphatic carbocycles. The normalized spacial score (nSPS) is 13.5. The summed E-state index contributed by atoms with van der Waals surface area (Å²) in [4.78, 5) is 0. The highest BCUT2D eigenvalue weighted by Crippen LogP contribution is 2.05. The molecule has 1 nitrogen and oxygen atoms in total. The van der Waals surface area contributed by atoms with E-state index in [9.17, 15) is 0 Å². The third-order valence-corrected chi connectivity index (χ3v) is 1.46. The van der Waals surface area contributed by atoms with Crippen molar-refractivity contribution in [1.29, 1.82) is 0 Å². The lowest BCUT2D eigenvalue weighted by Crippen LogP contribution is -2.05. The molecule has 0 aromatic rings. The number of hydrogen-bond acceptors (Lipinski definition) is 1. The number of hydrogen-bond donors (Lipinski definition) is 0. The molecule has 0 rings (SSSR count). The van der Waals surface area contributed by atoms with E-state index < -0.39 is 0 Å². The van der Waals surface area contributed by atoms with Crippen molar-refractivity contribution in [3.8, 4) is 0 Å². The van der Waals surface area contributed by atoms with Crippen LogP contribution in [0.1, 0.15) is 46.5 Å². The monoisotopic (exact) mass is 143 g/mol. The molecule has 0 saturated carbocycles. The fourth-order valence-electron chi connectivity index (χ4n) is 0.820. The molecule has 0 saturated heterocycles. The molecule has 0 aromatic carbocycles. The zero-order valence-electron chi connectivity index (χ0n) is 7.39. The molecule has 0 aromatic heterocycles. The summed E-state index contributed by atoms with van der Waals surface area (Å²) >= 11 is 0. The first-order valence-corrected chi connectivity index (χ1v) is 4.28. The number of unbranched alkanes of at least 4 members (excludes halogenated alkanes) is 1. The van der Waals surface area contributed by atoms with E-state index in [4.69, 9.17) is 4.74 Å². The van der Waals surface area contributed by atoms with Crippen LogP contribution >= 0.6 is 0 Å². The zero-order chi connectivity index (χ0) is 7.82. The van der Waals surface area contributed by atoms with Gasteiger partial charge in [0.15, 0.2) is 0 Å². The van der Waals surface area contributed by atoms with Crippen LogP contribution in [0.25, 0.3) is 0 Å². The highest BCUT2D eigenvalue weighted by molar-refractivity contribution is 4.54. The largest absolute Gasteiger partial charge is 0.373 e. The van der Waals surface area contributed by atoms with E-state index in [2.05, 4.69) is 20.8 Å². The second kappa shape index (κ2) is 7.07. The summed E-state index contributed by atoms with van der Waals surface area (Å²) in [5, 5.41) is 0. The van der Waals surface area contributed by atoms with Crippen LogP contribution in [0.3, 0.4) is 0 Å². The van der Waals surface area contributed by atoms with Gasteiger partial charge in [-0.05, 0) is 19.8 Å². The average molecular weight is 143 g/mol. The summed E-state index contributed by atoms with van der Waals surface area (Å²) in [6.45, 7) is 8.31. The van der Waals surface area contributed by atoms with Crippen molar-refractivity contribution in [3.05, 3.63) is 6.61 Å². The lowest BCUT2D eigenvalue weighted by molar-refractivity contribution is 0.108. The minimum Gasteiger partial charge on any atom is -0.373 e. The highest BCUT2D eigenvalue weighted by atomic mass is 16.5. The average Bonchev–Trinajstić information content (AvgIpc) is 1.97. The Morgan fingerprint density at radius 1 is 1.40 bits per heavy atom. The van der Waals surface area contributed by atoms with Gasteiger partial charge in [0.1, 0.15) is 0 Å². The molecule has 0 bridgehead atoms. The third-order valence-electron chi connectivity index (χ3n) is 1.46. The van der Waals surface area contributed by atoms with Crippen LogP contribution in [0.15, 0.2) is 0 Å². The molecule has 10 heavy (non-hydrogen) atoms. The Labute approximate surface area is 64.8 Å². The molecule has 1 heteroatoms. The van der Waals surface area contributed by atoms with Crippen molar-refractivity contribution in [3.63, 3.8) is 0 Å². The summed E-state index contributed by atoms with van der Waals surface area (Å²) in [6.07, 6.45) is 5.15. The third kappa shape index (κ3) is 6.09. The summed E-state index contributed by atoms with van der Waals surface area (Å²) in [7, 11) is 0. The van der Waals surface area contributed by atoms with Crippen LogP contribution in [0.5, 0.6) is 0 Å². The van der Waals surface area contributed by atoms with Gasteiger partial charge in [0, 0.05) is 0 Å². The predicted molar refractivity (Wildman–Crippen MR) is 44.7 cm³/mol. The van der Waals surface area contributed by atoms with E-state index in [0.29, 0.717) is 6.10 Å². The Morgan fingerprint density at radius 3 is 2.60 bits per heavy atom. The Balaban J connectivity index is 3.00. The van der Waals surface area contributed by atoms with Crippen LogP contribution in [0, 0.1) is 6.61 Å². The van der Waals surface area contributed by atoms with Crippen molar-refractivity contribution in [1.82, 2.24) is 0 Å². The molecule has 0 heterocycles. The fourth-order valence-corrected chi connectivity index (χ4v) is 0.820. The number of rotatable bonds is 6. The second-order valence-electron chi connectivity index (χ2n) is 2.66. The second-order valence-corrected chi connectivity index (χ2v) is 2.66. The Hall–Kier alpha value is -0.0400. The molecule has 1 atom stereocenters. The van der Waals surface area contributed by atoms with Crippen LogP contribution in [0.4, 0.5) is 0 Å². The molecule has 61 valence electrons. The van der Waals surface area contributed by atoms with Gasteiger partial charge in [0.25, 0.3) is 0 Å². The lowest BCUT2D eigenvalue weighted by Gasteiger charge is -2.10. The summed E-state index contributed by atoms with van der Waals surface area (Å²) < 4.78 is 5.37. The molecule has 0 fully saturated rings. The van der Waals surface area contributed by atoms with E-state index >= 15 is 0 Å². The molecular formula is C9H19O. The topological polar surface area (TPSA) is 9.23 Å². The molecule has 0 aliphatic heterocycles. The summed E-state index contributed by atoms with van der Waals surface area (Å²) in [5.41, 5.74) is 0. The molecule has 0 spiro atoms. The molecule has 1 unspecified atom stereocenters. The van der Waals surface area contributed by atoms with Crippen molar-refractivity contribution < 1.29 is 4.74 Å². The maximum atomic E-state index is 5.37. The minimum absolute atomic E-state index is 0.417. The van der Waals surface area contributed by atoms with Gasteiger partial charge < -0.3 is 4.74 Å². The quantitative estimate of drug-likeness (QED) is 0.555. The molecular weight excluding hydrogens is 124 g/mol. The minimum atomic E-state index is 0.417. The van der Waals surface area contributed by atoms with Gasteiger partial charge in [-0.3, -0.25) is 0 Å². The van der Waals surface area contributed by atoms with E-state index in [1.54, 1.807) is 0 Å². The van der Waals surface area contributed by atoms with Gasteiger partial charge in [0.2, 0.25) is 0 Å². The maximum absolute atomic E-state index is 5.37. The number of ether oxygens (including phenoxy) is 1. The van der Waals surface area contributed by atoms with Gasteiger partial charge >= 0.3 is 0 Å². The molecule has 0 aliphatic rings. The molecule has 1 radical (unpaired) electrons. The zero-order valence-corrected chi connectivity index (χ0v) is 7.39. The predicted octanol–water partition coefficient (Wildman–Crippen LogP) is 3.15. The van der Waals surface area contributed by atoms with Gasteiger partial charge in [-0.25, -0.2) is 0 Å². The van der Waals surface area contributed by atoms with E-state index in [1.165, 1.54) is 19.3 Å². The van der Waals surface area contributed by atoms with Gasteiger partial charge in [-0.1, -0.05) is 26.7 Å². The van der Waals surface area contributed by atoms with E-state index in [-0.39, 0.29) is 0 Å². The van der Waals surface area contributed by atoms with Crippen molar-refractivity contribution in [2.75, 3.05) is 0 Å². The Morgan fingerprint density at radius 2 is 2.10 bits per heavy atom. The van der Waals surface area contributed by atoms with Crippen LogP contribution < -0.4 is 0 Å². The Bertz CT molecular complexity index is 53.7. The van der Waals surface area contributed by atoms with Crippen LogP contribution in [0.2, 0.25) is 0 Å². The first-order chi connectivity index (χ1) is 4.81. The van der Waals surface area contributed by atoms with Crippen LogP contribution in [-0.4, -0.2) is 6.10 Å². The van der Waals surface area contributed by atoms with Crippen molar-refractivity contribution >= 4 is 0 Å². The van der Waals surface area contributed by atoms with Gasteiger partial charge in [-0.2, -0.15) is 0 Å². The van der Waals surface area contributed by atoms with E-state index in [1.807, 2.05) is 6.61 Å². The SMILES string of the molecule is CC[CH]OC(C)CCCC. The Kier molecular flexibility index (Phi) is 7.04. The van der Waals surface area contributed by atoms with Gasteiger partial charge in [0.05, 0.1) is 12.7 Å². The smallest absolute Gasteiger partial charge is 0.0837 e. The summed E-state index contributed by atoms with van der Waals surface area (Å²) in [6, 6.07) is 0. The van der Waals surface area contributed by atoms with Crippen LogP contribution in [-0.2, 0) is 4.74 Å². The fraction of sp³-hybridized carbons (Fsp3) is 0.889. The summed E-state index contributed by atoms with van der Waals surface area (Å²) in [5.74, 6) is 0. The van der Waals surface area contributed by atoms with Gasteiger partial charge in [-0.15, -0.1) is 0 Å². The standard InChI is InChI=1S/C9H19O/c1-4-6-7-9(3)10-8-5-2/h8-9H,4-7H2,1-3H3. The van der Waals surface area contributed by atoms with Crippen molar-refractivity contribution in [2.45, 2.75) is 52.6 Å².